The van der Waals surface area contributed by atoms with Crippen LogP contribution in [0.1, 0.15) is 32.6 Å². The second-order valence-electron chi connectivity index (χ2n) is 4.48. The summed E-state index contributed by atoms with van der Waals surface area (Å²) < 4.78 is 14.1. The number of carbonyl (C=O) groups is 1. The lowest BCUT2D eigenvalue weighted by molar-refractivity contribution is -0.124. The van der Waals surface area contributed by atoms with Crippen LogP contribution in [0.5, 0.6) is 0 Å². The third kappa shape index (κ3) is 4.16. The third-order valence-corrected chi connectivity index (χ3v) is 2.93. The van der Waals surface area contributed by atoms with Crippen molar-refractivity contribution in [3.63, 3.8) is 0 Å². The van der Waals surface area contributed by atoms with Crippen molar-refractivity contribution >= 4 is 5.91 Å². The van der Waals surface area contributed by atoms with Gasteiger partial charge in [0.15, 0.2) is 0 Å². The first kappa shape index (κ1) is 12.4. The molecule has 88 valence electrons. The number of rotatable bonds is 4. The van der Waals surface area contributed by atoms with Gasteiger partial charge in [0.25, 0.3) is 0 Å². The number of carbonyl (C=O) groups excluding carboxylic acids is 1. The number of piperidine rings is 1. The Morgan fingerprint density at radius 1 is 1.47 bits per heavy atom. The summed E-state index contributed by atoms with van der Waals surface area (Å²) in [5, 5.41) is 2.72. The summed E-state index contributed by atoms with van der Waals surface area (Å²) in [6.07, 6.45) is 1.88. The van der Waals surface area contributed by atoms with Crippen LogP contribution in [-0.2, 0) is 4.79 Å². The molecule has 1 saturated heterocycles. The van der Waals surface area contributed by atoms with Crippen molar-refractivity contribution in [3.8, 4) is 0 Å². The van der Waals surface area contributed by atoms with E-state index in [1.165, 1.54) is 0 Å². The van der Waals surface area contributed by atoms with E-state index in [2.05, 4.69) is 10.2 Å². The lowest BCUT2D eigenvalue weighted by atomic mass is 9.90. The van der Waals surface area contributed by atoms with Crippen molar-refractivity contribution in [3.05, 3.63) is 0 Å². The maximum atomic E-state index is 14.1. The Kier molecular flexibility index (Phi) is 4.51. The first-order valence-corrected chi connectivity index (χ1v) is 5.70. The molecular formula is C11H21FN2O. The predicted molar refractivity (Wildman–Crippen MR) is 58.5 cm³/mol. The Morgan fingerprint density at radius 2 is 2.07 bits per heavy atom. The zero-order chi connectivity index (χ0) is 11.3. The van der Waals surface area contributed by atoms with E-state index in [0.717, 1.165) is 19.5 Å². The first-order chi connectivity index (χ1) is 7.06. The van der Waals surface area contributed by atoms with Gasteiger partial charge in [-0.2, -0.15) is 0 Å². The molecule has 4 heteroatoms. The molecule has 1 amide bonds. The smallest absolute Gasteiger partial charge is 0.223 e. The molecule has 0 aromatic rings. The number of halogens is 1. The molecule has 1 aliphatic heterocycles. The first-order valence-electron chi connectivity index (χ1n) is 5.70. The quantitative estimate of drug-likeness (QED) is 0.769. The minimum atomic E-state index is -1.27. The molecule has 1 heterocycles. The molecule has 0 aromatic carbocycles. The van der Waals surface area contributed by atoms with Gasteiger partial charge < -0.3 is 10.2 Å². The summed E-state index contributed by atoms with van der Waals surface area (Å²) in [5.41, 5.74) is -1.27. The van der Waals surface area contributed by atoms with Crippen LogP contribution in [0.4, 0.5) is 4.39 Å². The van der Waals surface area contributed by atoms with Crippen LogP contribution in [0.15, 0.2) is 0 Å². The highest BCUT2D eigenvalue weighted by Crippen LogP contribution is 2.29. The van der Waals surface area contributed by atoms with Crippen LogP contribution in [-0.4, -0.2) is 43.2 Å². The van der Waals surface area contributed by atoms with Gasteiger partial charge in [0.05, 0.1) is 6.42 Å². The second kappa shape index (κ2) is 5.45. The molecule has 0 atom stereocenters. The molecule has 1 rings (SSSR count). The van der Waals surface area contributed by atoms with Crippen LogP contribution < -0.4 is 5.32 Å². The Bertz CT molecular complexity index is 213. The molecule has 15 heavy (non-hydrogen) atoms. The topological polar surface area (TPSA) is 32.3 Å². The fraction of sp³-hybridized carbons (Fsp3) is 0.909. The summed E-state index contributed by atoms with van der Waals surface area (Å²) in [5.74, 6) is -0.149. The van der Waals surface area contributed by atoms with E-state index >= 15 is 0 Å². The van der Waals surface area contributed by atoms with E-state index in [9.17, 15) is 9.18 Å². The number of hydrogen-bond acceptors (Lipinski definition) is 2. The highest BCUT2D eigenvalue weighted by Gasteiger charge is 2.35. The van der Waals surface area contributed by atoms with Crippen LogP contribution in [0, 0.1) is 0 Å². The standard InChI is InChI=1S/C11H21FN2O/c1-3-6-13-10(15)9-11(12)4-7-14(2)8-5-11/h3-9H2,1-2H3,(H,13,15). The van der Waals surface area contributed by atoms with E-state index in [-0.39, 0.29) is 12.3 Å². The molecule has 3 nitrogen and oxygen atoms in total. The SMILES string of the molecule is CCCNC(=O)CC1(F)CCN(C)CC1. The molecule has 0 bridgehead atoms. The van der Waals surface area contributed by atoms with Crippen molar-refractivity contribution in [1.82, 2.24) is 10.2 Å². The number of nitrogens with one attached hydrogen (secondary N) is 1. The van der Waals surface area contributed by atoms with Gasteiger partial charge in [-0.25, -0.2) is 4.39 Å². The van der Waals surface area contributed by atoms with Crippen molar-refractivity contribution < 1.29 is 9.18 Å². The van der Waals surface area contributed by atoms with Crippen molar-refractivity contribution in [1.29, 1.82) is 0 Å². The number of nitrogens with zero attached hydrogens (tertiary/aromatic N) is 1. The highest BCUT2D eigenvalue weighted by molar-refractivity contribution is 5.77. The molecular weight excluding hydrogens is 195 g/mol. The maximum absolute atomic E-state index is 14.1. The van der Waals surface area contributed by atoms with Gasteiger partial charge in [-0.1, -0.05) is 6.92 Å². The molecule has 1 fully saturated rings. The summed E-state index contributed by atoms with van der Waals surface area (Å²) in [7, 11) is 1.98. The Balaban J connectivity index is 2.32. The van der Waals surface area contributed by atoms with E-state index in [1.807, 2.05) is 14.0 Å². The average molecular weight is 216 g/mol. The highest BCUT2D eigenvalue weighted by atomic mass is 19.1. The van der Waals surface area contributed by atoms with E-state index < -0.39 is 5.67 Å². The van der Waals surface area contributed by atoms with Gasteiger partial charge in [-0.05, 0) is 26.3 Å². The van der Waals surface area contributed by atoms with E-state index in [4.69, 9.17) is 0 Å². The second-order valence-corrected chi connectivity index (χ2v) is 4.48. The van der Waals surface area contributed by atoms with Crippen LogP contribution in [0.3, 0.4) is 0 Å². The van der Waals surface area contributed by atoms with Gasteiger partial charge in [0.1, 0.15) is 5.67 Å². The van der Waals surface area contributed by atoms with E-state index in [0.29, 0.717) is 19.4 Å². The van der Waals surface area contributed by atoms with E-state index in [1.54, 1.807) is 0 Å². The van der Waals surface area contributed by atoms with Gasteiger partial charge in [-0.15, -0.1) is 0 Å². The van der Waals surface area contributed by atoms with Gasteiger partial charge in [0, 0.05) is 19.6 Å². The third-order valence-electron chi connectivity index (χ3n) is 2.93. The Hall–Kier alpha value is -0.640. The minimum absolute atomic E-state index is 0.0286. The number of amides is 1. The van der Waals surface area contributed by atoms with Crippen LogP contribution in [0.25, 0.3) is 0 Å². The lowest BCUT2D eigenvalue weighted by Gasteiger charge is -2.33. The fourth-order valence-electron chi connectivity index (χ4n) is 1.81. The molecule has 0 radical (unpaired) electrons. The summed E-state index contributed by atoms with van der Waals surface area (Å²) in [6, 6.07) is 0. The normalized spacial score (nSPS) is 21.3. The van der Waals surface area contributed by atoms with Crippen LogP contribution >= 0.6 is 0 Å². The van der Waals surface area contributed by atoms with Crippen molar-refractivity contribution in [2.24, 2.45) is 0 Å². The molecule has 1 N–H and O–H groups in total. The lowest BCUT2D eigenvalue weighted by Crippen LogP contribution is -2.43. The molecule has 0 aliphatic carbocycles. The number of alkyl halides is 1. The summed E-state index contributed by atoms with van der Waals surface area (Å²) in [4.78, 5) is 13.5. The molecule has 0 spiro atoms. The zero-order valence-electron chi connectivity index (χ0n) is 9.68. The van der Waals surface area contributed by atoms with Gasteiger partial charge in [0.2, 0.25) is 5.91 Å². The average Bonchev–Trinajstić information content (AvgIpc) is 2.20. The van der Waals surface area contributed by atoms with Gasteiger partial charge in [-0.3, -0.25) is 4.79 Å². The number of hydrogen-bond donors (Lipinski definition) is 1. The van der Waals surface area contributed by atoms with Crippen molar-refractivity contribution in [2.45, 2.75) is 38.3 Å². The van der Waals surface area contributed by atoms with Crippen molar-refractivity contribution in [2.75, 3.05) is 26.7 Å². The maximum Gasteiger partial charge on any atom is 0.223 e. The summed E-state index contributed by atoms with van der Waals surface area (Å²) in [6.45, 7) is 4.13. The largest absolute Gasteiger partial charge is 0.356 e. The monoisotopic (exact) mass is 216 g/mol. The Morgan fingerprint density at radius 3 is 2.60 bits per heavy atom. The molecule has 0 saturated carbocycles. The Labute approximate surface area is 91.0 Å². The predicted octanol–water partition coefficient (Wildman–Crippen LogP) is 1.34. The molecule has 1 aliphatic rings. The molecule has 0 unspecified atom stereocenters. The van der Waals surface area contributed by atoms with Crippen LogP contribution in [0.2, 0.25) is 0 Å². The number of likely N-dealkylation sites (tertiary alicyclic amines) is 1. The summed E-state index contributed by atoms with van der Waals surface area (Å²) >= 11 is 0. The van der Waals surface area contributed by atoms with Gasteiger partial charge >= 0.3 is 0 Å². The minimum Gasteiger partial charge on any atom is -0.356 e. The zero-order valence-corrected chi connectivity index (χ0v) is 9.68. The molecule has 0 aromatic heterocycles. The fourth-order valence-corrected chi connectivity index (χ4v) is 1.81.